The van der Waals surface area contributed by atoms with Gasteiger partial charge >= 0.3 is 0 Å². The molecule has 1 aromatic carbocycles. The minimum absolute atomic E-state index is 0.754. The van der Waals surface area contributed by atoms with E-state index in [1.54, 1.807) is 18.0 Å². The molecule has 3 aromatic rings. The molecule has 0 radical (unpaired) electrons. The standard InChI is InChI=1S/C18H18N4OS/c1-2-6-15-14(5-1)18(24-17-7-3-4-8-19-17)21-16(20-15)13-22-9-11-23-12-10-22/h1-8H,9-13H2. The Morgan fingerprint density at radius 1 is 1.00 bits per heavy atom. The Bertz CT molecular complexity index is 822. The van der Waals surface area contributed by atoms with Gasteiger partial charge in [-0.1, -0.05) is 24.3 Å². The van der Waals surface area contributed by atoms with Gasteiger partial charge in [0, 0.05) is 24.7 Å². The molecule has 122 valence electrons. The molecule has 3 heterocycles. The summed E-state index contributed by atoms with van der Waals surface area (Å²) in [6.45, 7) is 4.17. The van der Waals surface area contributed by atoms with Gasteiger partial charge in [-0.2, -0.15) is 0 Å². The molecular formula is C18H18N4OS. The van der Waals surface area contributed by atoms with E-state index in [9.17, 15) is 0 Å². The third-order valence-corrected chi connectivity index (χ3v) is 4.88. The lowest BCUT2D eigenvalue weighted by atomic mass is 10.2. The smallest absolute Gasteiger partial charge is 0.144 e. The molecule has 0 amide bonds. The first-order valence-electron chi connectivity index (χ1n) is 8.03. The van der Waals surface area contributed by atoms with E-state index in [0.29, 0.717) is 0 Å². The van der Waals surface area contributed by atoms with Crippen LogP contribution in [-0.4, -0.2) is 46.2 Å². The second kappa shape index (κ2) is 7.25. The van der Waals surface area contributed by atoms with Crippen LogP contribution >= 0.6 is 11.8 Å². The number of hydrogen-bond acceptors (Lipinski definition) is 6. The van der Waals surface area contributed by atoms with Crippen molar-refractivity contribution >= 4 is 22.7 Å². The minimum Gasteiger partial charge on any atom is -0.379 e. The van der Waals surface area contributed by atoms with Crippen molar-refractivity contribution in [3.8, 4) is 0 Å². The van der Waals surface area contributed by atoms with Crippen LogP contribution in [0.4, 0.5) is 0 Å². The fourth-order valence-electron chi connectivity index (χ4n) is 2.71. The average molecular weight is 338 g/mol. The van der Waals surface area contributed by atoms with Gasteiger partial charge in [0.05, 0.1) is 25.3 Å². The van der Waals surface area contributed by atoms with Gasteiger partial charge < -0.3 is 4.74 Å². The van der Waals surface area contributed by atoms with Crippen LogP contribution in [0.1, 0.15) is 5.82 Å². The van der Waals surface area contributed by atoms with E-state index < -0.39 is 0 Å². The van der Waals surface area contributed by atoms with E-state index in [2.05, 4.69) is 16.0 Å². The zero-order valence-electron chi connectivity index (χ0n) is 13.3. The van der Waals surface area contributed by atoms with Crippen LogP contribution < -0.4 is 0 Å². The highest BCUT2D eigenvalue weighted by atomic mass is 32.2. The predicted molar refractivity (Wildman–Crippen MR) is 94.0 cm³/mol. The lowest BCUT2D eigenvalue weighted by Gasteiger charge is -2.25. The Labute approximate surface area is 145 Å². The van der Waals surface area contributed by atoms with Crippen molar-refractivity contribution in [3.05, 3.63) is 54.5 Å². The third-order valence-electron chi connectivity index (χ3n) is 3.92. The predicted octanol–water partition coefficient (Wildman–Crippen LogP) is 3.01. The van der Waals surface area contributed by atoms with Crippen molar-refractivity contribution < 1.29 is 4.74 Å². The summed E-state index contributed by atoms with van der Waals surface area (Å²) in [4.78, 5) is 16.3. The number of pyridine rings is 1. The quantitative estimate of drug-likeness (QED) is 0.682. The number of rotatable bonds is 4. The fraction of sp³-hybridized carbons (Fsp3) is 0.278. The first-order valence-corrected chi connectivity index (χ1v) is 8.85. The topological polar surface area (TPSA) is 51.1 Å². The van der Waals surface area contributed by atoms with Gasteiger partial charge in [0.25, 0.3) is 0 Å². The van der Waals surface area contributed by atoms with Crippen LogP contribution in [0.15, 0.2) is 58.7 Å². The fourth-order valence-corrected chi connectivity index (χ4v) is 3.60. The lowest BCUT2D eigenvalue weighted by molar-refractivity contribution is 0.0330. The zero-order valence-corrected chi connectivity index (χ0v) is 14.1. The maximum absolute atomic E-state index is 5.42. The molecule has 1 saturated heterocycles. The van der Waals surface area contributed by atoms with Gasteiger partial charge in [0.2, 0.25) is 0 Å². The Balaban J connectivity index is 1.67. The van der Waals surface area contributed by atoms with Gasteiger partial charge in [-0.15, -0.1) is 0 Å². The molecule has 0 unspecified atom stereocenters. The van der Waals surface area contributed by atoms with Crippen LogP contribution in [0.5, 0.6) is 0 Å². The highest BCUT2D eigenvalue weighted by Crippen LogP contribution is 2.30. The number of ether oxygens (including phenoxy) is 1. The van der Waals surface area contributed by atoms with Crippen molar-refractivity contribution in [2.24, 2.45) is 0 Å². The molecule has 5 nitrogen and oxygen atoms in total. The molecule has 0 spiro atoms. The van der Waals surface area contributed by atoms with E-state index in [1.165, 1.54) is 0 Å². The Morgan fingerprint density at radius 2 is 1.83 bits per heavy atom. The summed E-state index contributed by atoms with van der Waals surface area (Å²) in [6.07, 6.45) is 1.81. The molecule has 1 aliphatic heterocycles. The van der Waals surface area contributed by atoms with Gasteiger partial charge in [-0.3, -0.25) is 4.90 Å². The zero-order chi connectivity index (χ0) is 16.2. The molecule has 2 aromatic heterocycles. The van der Waals surface area contributed by atoms with Crippen LogP contribution in [-0.2, 0) is 11.3 Å². The summed E-state index contributed by atoms with van der Waals surface area (Å²) < 4.78 is 5.42. The van der Waals surface area contributed by atoms with E-state index >= 15 is 0 Å². The average Bonchev–Trinajstić information content (AvgIpc) is 2.63. The van der Waals surface area contributed by atoms with Crippen LogP contribution in [0.3, 0.4) is 0 Å². The number of nitrogens with zero attached hydrogens (tertiary/aromatic N) is 4. The number of hydrogen-bond donors (Lipinski definition) is 0. The summed E-state index contributed by atoms with van der Waals surface area (Å²) in [6, 6.07) is 14.1. The van der Waals surface area contributed by atoms with Crippen LogP contribution in [0, 0.1) is 0 Å². The van der Waals surface area contributed by atoms with Crippen molar-refractivity contribution in [2.75, 3.05) is 26.3 Å². The van der Waals surface area contributed by atoms with Gasteiger partial charge in [0.1, 0.15) is 15.9 Å². The molecule has 0 atom stereocenters. The maximum Gasteiger partial charge on any atom is 0.144 e. The normalized spacial score (nSPS) is 15.7. The van der Waals surface area contributed by atoms with Crippen molar-refractivity contribution in [2.45, 2.75) is 16.6 Å². The molecular weight excluding hydrogens is 320 g/mol. The molecule has 0 N–H and O–H groups in total. The molecule has 4 rings (SSSR count). The highest BCUT2D eigenvalue weighted by molar-refractivity contribution is 7.99. The molecule has 0 aliphatic carbocycles. The molecule has 0 saturated carbocycles. The number of aromatic nitrogens is 3. The second-order valence-electron chi connectivity index (χ2n) is 5.62. The van der Waals surface area contributed by atoms with Gasteiger partial charge in [-0.05, 0) is 30.0 Å². The third kappa shape index (κ3) is 3.56. The number of morpholine rings is 1. The number of para-hydroxylation sites is 1. The van der Waals surface area contributed by atoms with Gasteiger partial charge in [0.15, 0.2) is 0 Å². The van der Waals surface area contributed by atoms with Crippen molar-refractivity contribution in [3.63, 3.8) is 0 Å². The molecule has 24 heavy (non-hydrogen) atoms. The molecule has 6 heteroatoms. The Hall–Kier alpha value is -2.02. The summed E-state index contributed by atoms with van der Waals surface area (Å²) in [5, 5.41) is 2.97. The number of fused-ring (bicyclic) bond motifs is 1. The molecule has 1 aliphatic rings. The first kappa shape index (κ1) is 15.5. The largest absolute Gasteiger partial charge is 0.379 e. The van der Waals surface area contributed by atoms with E-state index in [0.717, 1.165) is 59.6 Å². The summed E-state index contributed by atoms with van der Waals surface area (Å²) in [7, 11) is 0. The SMILES string of the molecule is c1ccc(Sc2nc(CN3CCOCC3)nc3ccccc23)nc1. The summed E-state index contributed by atoms with van der Waals surface area (Å²) in [5.74, 6) is 0.856. The first-order chi connectivity index (χ1) is 11.9. The van der Waals surface area contributed by atoms with Crippen LogP contribution in [0.2, 0.25) is 0 Å². The second-order valence-corrected chi connectivity index (χ2v) is 6.63. The molecule has 0 bridgehead atoms. The lowest BCUT2D eigenvalue weighted by Crippen LogP contribution is -2.36. The van der Waals surface area contributed by atoms with Crippen molar-refractivity contribution in [1.82, 2.24) is 19.9 Å². The summed E-state index contributed by atoms with van der Waals surface area (Å²) in [5.41, 5.74) is 0.981. The van der Waals surface area contributed by atoms with E-state index in [1.807, 2.05) is 36.4 Å². The highest BCUT2D eigenvalue weighted by Gasteiger charge is 2.15. The van der Waals surface area contributed by atoms with Crippen LogP contribution in [0.25, 0.3) is 10.9 Å². The van der Waals surface area contributed by atoms with Crippen molar-refractivity contribution in [1.29, 1.82) is 0 Å². The van der Waals surface area contributed by atoms with E-state index in [-0.39, 0.29) is 0 Å². The Kier molecular flexibility index (Phi) is 4.69. The minimum atomic E-state index is 0.754. The van der Waals surface area contributed by atoms with E-state index in [4.69, 9.17) is 14.7 Å². The summed E-state index contributed by atoms with van der Waals surface area (Å²) >= 11 is 1.59. The number of benzene rings is 1. The monoisotopic (exact) mass is 338 g/mol. The maximum atomic E-state index is 5.42. The Morgan fingerprint density at radius 3 is 2.67 bits per heavy atom. The molecule has 1 fully saturated rings. The van der Waals surface area contributed by atoms with Gasteiger partial charge in [-0.25, -0.2) is 15.0 Å².